The highest BCUT2D eigenvalue weighted by atomic mass is 16.5. The van der Waals surface area contributed by atoms with Crippen molar-refractivity contribution in [3.8, 4) is 17.2 Å². The van der Waals surface area contributed by atoms with Crippen LogP contribution in [0.2, 0.25) is 0 Å². The van der Waals surface area contributed by atoms with Crippen LogP contribution >= 0.6 is 0 Å². The number of carboxylic acid groups (broad SMARTS) is 2. The minimum absolute atomic E-state index is 0.253. The van der Waals surface area contributed by atoms with Crippen molar-refractivity contribution in [2.75, 3.05) is 13.7 Å². The maximum absolute atomic E-state index is 11.1. The Morgan fingerprint density at radius 2 is 1.96 bits per heavy atom. The Bertz CT molecular complexity index is 934. The second kappa shape index (κ2) is 9.22. The fourth-order valence-corrected chi connectivity index (χ4v) is 2.44. The Hall–Kier alpha value is -3.81. The minimum Gasteiger partial charge on any atom is -0.507 e. The van der Waals surface area contributed by atoms with Crippen LogP contribution in [0.5, 0.6) is 17.2 Å². The summed E-state index contributed by atoms with van der Waals surface area (Å²) in [5, 5.41) is 27.5. The Morgan fingerprint density at radius 1 is 1.21 bits per heavy atom. The van der Waals surface area contributed by atoms with Gasteiger partial charge in [0.1, 0.15) is 11.3 Å². The van der Waals surface area contributed by atoms with Crippen LogP contribution in [0.3, 0.4) is 0 Å². The third-order valence-corrected chi connectivity index (χ3v) is 3.65. The molecular weight excluding hydrogens is 366 g/mol. The Morgan fingerprint density at radius 3 is 2.57 bits per heavy atom. The summed E-state index contributed by atoms with van der Waals surface area (Å²) in [4.78, 5) is 26.1. The Labute approximate surface area is 161 Å². The third kappa shape index (κ3) is 5.10. The van der Waals surface area contributed by atoms with Gasteiger partial charge < -0.3 is 24.8 Å². The summed E-state index contributed by atoms with van der Waals surface area (Å²) in [6.07, 6.45) is 3.55. The number of aliphatic carboxylic acids is 1. The van der Waals surface area contributed by atoms with Crippen molar-refractivity contribution in [1.29, 1.82) is 0 Å². The first kappa shape index (κ1) is 20.5. The molecule has 0 spiro atoms. The van der Waals surface area contributed by atoms with Crippen molar-refractivity contribution in [2.45, 2.75) is 6.42 Å². The molecule has 0 saturated carbocycles. The normalized spacial score (nSPS) is 10.6. The number of benzene rings is 2. The van der Waals surface area contributed by atoms with Gasteiger partial charge in [-0.2, -0.15) is 0 Å². The monoisotopic (exact) mass is 385 g/mol. The van der Waals surface area contributed by atoms with E-state index in [4.69, 9.17) is 19.7 Å². The van der Waals surface area contributed by atoms with Crippen LogP contribution < -0.4 is 9.47 Å². The van der Waals surface area contributed by atoms with Gasteiger partial charge in [0.2, 0.25) is 0 Å². The number of allylic oxidation sites excluding steroid dienone is 1. The lowest BCUT2D eigenvalue weighted by Gasteiger charge is -2.14. The van der Waals surface area contributed by atoms with Gasteiger partial charge in [0.25, 0.3) is 0 Å². The van der Waals surface area contributed by atoms with E-state index < -0.39 is 18.5 Å². The number of carboxylic acids is 2. The highest BCUT2D eigenvalue weighted by Gasteiger charge is 2.14. The number of hydrogen-bond acceptors (Lipinski definition) is 6. The molecule has 0 bridgehead atoms. The number of phenols is 1. The van der Waals surface area contributed by atoms with E-state index >= 15 is 0 Å². The van der Waals surface area contributed by atoms with E-state index in [9.17, 15) is 14.7 Å². The lowest BCUT2D eigenvalue weighted by Crippen LogP contribution is -2.11. The smallest absolute Gasteiger partial charge is 0.341 e. The van der Waals surface area contributed by atoms with Crippen LogP contribution in [-0.2, 0) is 11.2 Å². The molecule has 3 N–H and O–H groups in total. The van der Waals surface area contributed by atoms with E-state index in [-0.39, 0.29) is 11.3 Å². The zero-order chi connectivity index (χ0) is 20.7. The number of hydrogen-bond donors (Lipinski definition) is 3. The first-order valence-electron chi connectivity index (χ1n) is 8.12. The van der Waals surface area contributed by atoms with Gasteiger partial charge in [0, 0.05) is 11.8 Å². The summed E-state index contributed by atoms with van der Waals surface area (Å²) in [6, 6.07) is 7.34. The fourth-order valence-electron chi connectivity index (χ4n) is 2.44. The molecule has 146 valence electrons. The number of nitrogens with zero attached hydrogens (tertiary/aromatic N) is 1. The number of aromatic hydroxyl groups is 1. The molecule has 8 heteroatoms. The standard InChI is InChI=1S/C20H19NO7/c1-3-4-13-7-12(8-17(27-2)19(13)28-11-18(23)24)10-21-14-5-6-16(22)15(9-14)20(25)26/h3,5-10,22H,1,4,11H2,2H3,(H,23,24)(H,25,26). The highest BCUT2D eigenvalue weighted by Crippen LogP contribution is 2.33. The highest BCUT2D eigenvalue weighted by molar-refractivity contribution is 5.92. The van der Waals surface area contributed by atoms with Gasteiger partial charge in [-0.15, -0.1) is 6.58 Å². The zero-order valence-corrected chi connectivity index (χ0v) is 15.1. The second-order valence-electron chi connectivity index (χ2n) is 5.65. The number of aliphatic imine (C=N–C) groups is 1. The Kier molecular flexibility index (Phi) is 6.75. The maximum Gasteiger partial charge on any atom is 0.341 e. The van der Waals surface area contributed by atoms with E-state index in [0.717, 1.165) is 0 Å². The average molecular weight is 385 g/mol. The average Bonchev–Trinajstić information content (AvgIpc) is 2.65. The van der Waals surface area contributed by atoms with E-state index in [2.05, 4.69) is 11.6 Å². The molecule has 0 aliphatic heterocycles. The van der Waals surface area contributed by atoms with Gasteiger partial charge in [0.15, 0.2) is 18.1 Å². The molecule has 0 fully saturated rings. The van der Waals surface area contributed by atoms with Gasteiger partial charge in [0.05, 0.1) is 12.8 Å². The predicted molar refractivity (Wildman–Crippen MR) is 102 cm³/mol. The maximum atomic E-state index is 11.1. The summed E-state index contributed by atoms with van der Waals surface area (Å²) in [6.45, 7) is 3.17. The minimum atomic E-state index is -1.26. The molecule has 0 saturated heterocycles. The van der Waals surface area contributed by atoms with Gasteiger partial charge in [-0.25, -0.2) is 9.59 Å². The van der Waals surface area contributed by atoms with Crippen molar-refractivity contribution in [1.82, 2.24) is 0 Å². The summed E-state index contributed by atoms with van der Waals surface area (Å²) in [5.74, 6) is -2.08. The molecule has 0 unspecified atom stereocenters. The summed E-state index contributed by atoms with van der Waals surface area (Å²) >= 11 is 0. The molecule has 28 heavy (non-hydrogen) atoms. The molecule has 0 radical (unpaired) electrons. The largest absolute Gasteiger partial charge is 0.507 e. The molecule has 2 aromatic carbocycles. The quantitative estimate of drug-likeness (QED) is 0.447. The van der Waals surface area contributed by atoms with Crippen molar-refractivity contribution in [3.05, 3.63) is 59.7 Å². The van der Waals surface area contributed by atoms with E-state index in [0.29, 0.717) is 34.7 Å². The molecular formula is C20H19NO7. The first-order chi connectivity index (χ1) is 13.3. The molecule has 8 nitrogen and oxygen atoms in total. The van der Waals surface area contributed by atoms with Crippen LogP contribution in [-0.4, -0.2) is 47.2 Å². The Balaban J connectivity index is 2.40. The SMILES string of the molecule is C=CCc1cc(C=Nc2ccc(O)c(C(=O)O)c2)cc(OC)c1OCC(=O)O. The van der Waals surface area contributed by atoms with E-state index in [1.165, 1.54) is 31.5 Å². The number of methoxy groups -OCH3 is 1. The predicted octanol–water partition coefficient (Wildman–Crippen LogP) is 3.04. The number of carbonyl (C=O) groups is 2. The van der Waals surface area contributed by atoms with Crippen LogP contribution in [0.15, 0.2) is 48.0 Å². The van der Waals surface area contributed by atoms with Crippen molar-refractivity contribution >= 4 is 23.8 Å². The number of aromatic carboxylic acids is 1. The molecule has 0 heterocycles. The molecule has 0 aliphatic carbocycles. The molecule has 0 atom stereocenters. The van der Waals surface area contributed by atoms with Crippen LogP contribution in [0.25, 0.3) is 0 Å². The molecule has 2 rings (SSSR count). The van der Waals surface area contributed by atoms with Crippen molar-refractivity contribution < 1.29 is 34.4 Å². The number of ether oxygens (including phenoxy) is 2. The molecule has 0 aromatic heterocycles. The topological polar surface area (TPSA) is 126 Å². The first-order valence-corrected chi connectivity index (χ1v) is 8.12. The molecule has 2 aromatic rings. The molecule has 0 amide bonds. The van der Waals surface area contributed by atoms with E-state index in [1.54, 1.807) is 18.2 Å². The fraction of sp³-hybridized carbons (Fsp3) is 0.150. The lowest BCUT2D eigenvalue weighted by molar-refractivity contribution is -0.139. The van der Waals surface area contributed by atoms with Crippen molar-refractivity contribution in [2.24, 2.45) is 4.99 Å². The van der Waals surface area contributed by atoms with Gasteiger partial charge in [-0.1, -0.05) is 6.08 Å². The third-order valence-electron chi connectivity index (χ3n) is 3.65. The van der Waals surface area contributed by atoms with E-state index in [1.807, 2.05) is 0 Å². The van der Waals surface area contributed by atoms with Crippen LogP contribution in [0.1, 0.15) is 21.5 Å². The summed E-state index contributed by atoms with van der Waals surface area (Å²) in [7, 11) is 1.43. The molecule has 0 aliphatic rings. The zero-order valence-electron chi connectivity index (χ0n) is 15.1. The van der Waals surface area contributed by atoms with Gasteiger partial charge in [-0.05, 0) is 42.3 Å². The number of rotatable bonds is 9. The lowest BCUT2D eigenvalue weighted by atomic mass is 10.1. The van der Waals surface area contributed by atoms with Gasteiger partial charge in [-0.3, -0.25) is 4.99 Å². The van der Waals surface area contributed by atoms with Crippen LogP contribution in [0.4, 0.5) is 5.69 Å². The van der Waals surface area contributed by atoms with Gasteiger partial charge >= 0.3 is 11.9 Å². The van der Waals surface area contributed by atoms with Crippen LogP contribution in [0, 0.1) is 0 Å². The van der Waals surface area contributed by atoms with Crippen molar-refractivity contribution in [3.63, 3.8) is 0 Å². The summed E-state index contributed by atoms with van der Waals surface area (Å²) < 4.78 is 10.6. The second-order valence-corrected chi connectivity index (χ2v) is 5.65. The summed E-state index contributed by atoms with van der Waals surface area (Å²) in [5.41, 5.74) is 1.37.